The van der Waals surface area contributed by atoms with Gasteiger partial charge in [-0.3, -0.25) is 4.79 Å². The number of fused-ring (bicyclic) bond motifs is 1. The number of nitrogens with zero attached hydrogens (tertiary/aromatic N) is 3. The lowest BCUT2D eigenvalue weighted by Gasteiger charge is -2.33. The molecule has 0 bridgehead atoms. The van der Waals surface area contributed by atoms with Crippen molar-refractivity contribution in [1.29, 1.82) is 0 Å². The molecule has 4 rings (SSSR count). The lowest BCUT2D eigenvalue weighted by atomic mass is 9.91. The van der Waals surface area contributed by atoms with Gasteiger partial charge < -0.3 is 14.6 Å². The number of imidazole rings is 1. The fourth-order valence-corrected chi connectivity index (χ4v) is 4.17. The molecular formula is C23H27N3O2. The fourth-order valence-electron chi connectivity index (χ4n) is 4.17. The zero-order chi connectivity index (χ0) is 19.3. The number of amides is 1. The van der Waals surface area contributed by atoms with E-state index < -0.39 is 0 Å². The molecule has 1 fully saturated rings. The predicted molar refractivity (Wildman–Crippen MR) is 110 cm³/mol. The van der Waals surface area contributed by atoms with Crippen LogP contribution in [0.3, 0.4) is 0 Å². The molecule has 1 N–H and O–H groups in total. The van der Waals surface area contributed by atoms with E-state index in [0.717, 1.165) is 43.4 Å². The highest BCUT2D eigenvalue weighted by Crippen LogP contribution is 2.24. The second-order valence-electron chi connectivity index (χ2n) is 7.65. The Balaban J connectivity index is 1.41. The summed E-state index contributed by atoms with van der Waals surface area (Å²) in [6.07, 6.45) is 6.18. The molecule has 1 aliphatic heterocycles. The van der Waals surface area contributed by atoms with Gasteiger partial charge in [0.25, 0.3) is 5.91 Å². The molecule has 0 saturated carbocycles. The molecule has 0 unspecified atom stereocenters. The van der Waals surface area contributed by atoms with E-state index >= 15 is 0 Å². The Kier molecular flexibility index (Phi) is 5.72. The molecule has 1 saturated heterocycles. The molecule has 5 heteroatoms. The third-order valence-electron chi connectivity index (χ3n) is 5.70. The molecule has 2 heterocycles. The van der Waals surface area contributed by atoms with E-state index in [0.29, 0.717) is 18.0 Å². The van der Waals surface area contributed by atoms with Crippen molar-refractivity contribution < 1.29 is 9.90 Å². The van der Waals surface area contributed by atoms with Crippen LogP contribution in [0.1, 0.15) is 35.2 Å². The molecule has 1 aromatic heterocycles. The number of carbonyl (C=O) groups is 1. The van der Waals surface area contributed by atoms with Gasteiger partial charge in [0.05, 0.1) is 24.0 Å². The maximum Gasteiger partial charge on any atom is 0.253 e. The summed E-state index contributed by atoms with van der Waals surface area (Å²) in [5.74, 6) is 0.661. The summed E-state index contributed by atoms with van der Waals surface area (Å²) >= 11 is 0. The van der Waals surface area contributed by atoms with Crippen molar-refractivity contribution in [3.05, 3.63) is 66.0 Å². The molecule has 1 aliphatic rings. The summed E-state index contributed by atoms with van der Waals surface area (Å²) in [5, 5.41) is 9.14. The average molecular weight is 377 g/mol. The molecule has 146 valence electrons. The molecular weight excluding hydrogens is 350 g/mol. The van der Waals surface area contributed by atoms with Crippen LogP contribution in [0.2, 0.25) is 0 Å². The quantitative estimate of drug-likeness (QED) is 0.715. The number of benzene rings is 2. The number of piperidine rings is 1. The van der Waals surface area contributed by atoms with Crippen molar-refractivity contribution >= 4 is 16.9 Å². The van der Waals surface area contributed by atoms with Gasteiger partial charge in [-0.2, -0.15) is 0 Å². The molecule has 0 radical (unpaired) electrons. The number of aliphatic hydroxyl groups is 1. The monoisotopic (exact) mass is 377 g/mol. The third kappa shape index (κ3) is 4.09. The van der Waals surface area contributed by atoms with Crippen molar-refractivity contribution in [2.45, 2.75) is 32.2 Å². The van der Waals surface area contributed by atoms with Crippen molar-refractivity contribution in [2.24, 2.45) is 5.92 Å². The van der Waals surface area contributed by atoms with Gasteiger partial charge in [0.2, 0.25) is 0 Å². The van der Waals surface area contributed by atoms with Crippen LogP contribution in [-0.2, 0) is 13.0 Å². The smallest absolute Gasteiger partial charge is 0.253 e. The Morgan fingerprint density at radius 2 is 2.04 bits per heavy atom. The molecule has 0 spiro atoms. The van der Waals surface area contributed by atoms with Crippen molar-refractivity contribution in [1.82, 2.24) is 14.5 Å². The second kappa shape index (κ2) is 8.57. The summed E-state index contributed by atoms with van der Waals surface area (Å²) < 4.78 is 1.91. The highest BCUT2D eigenvalue weighted by atomic mass is 16.3. The van der Waals surface area contributed by atoms with Crippen LogP contribution in [0.5, 0.6) is 0 Å². The third-order valence-corrected chi connectivity index (χ3v) is 5.70. The van der Waals surface area contributed by atoms with Crippen LogP contribution in [0.4, 0.5) is 0 Å². The van der Waals surface area contributed by atoms with Gasteiger partial charge in [0.15, 0.2) is 0 Å². The molecule has 1 amide bonds. The Morgan fingerprint density at radius 1 is 1.18 bits per heavy atom. The van der Waals surface area contributed by atoms with E-state index in [-0.39, 0.29) is 12.5 Å². The summed E-state index contributed by atoms with van der Waals surface area (Å²) in [4.78, 5) is 19.4. The predicted octanol–water partition coefficient (Wildman–Crippen LogP) is 3.51. The van der Waals surface area contributed by atoms with Gasteiger partial charge in [0, 0.05) is 25.2 Å². The Labute approximate surface area is 165 Å². The minimum atomic E-state index is 0.0737. The highest BCUT2D eigenvalue weighted by molar-refractivity contribution is 5.97. The van der Waals surface area contributed by atoms with Crippen molar-refractivity contribution in [3.63, 3.8) is 0 Å². The van der Waals surface area contributed by atoms with Crippen LogP contribution in [0.15, 0.2) is 54.9 Å². The topological polar surface area (TPSA) is 58.4 Å². The van der Waals surface area contributed by atoms with E-state index in [2.05, 4.69) is 29.2 Å². The maximum atomic E-state index is 13.0. The fraction of sp³-hybridized carbons (Fsp3) is 0.391. The number of hydrogen-bond acceptors (Lipinski definition) is 3. The van der Waals surface area contributed by atoms with Gasteiger partial charge in [-0.25, -0.2) is 4.98 Å². The van der Waals surface area contributed by atoms with Crippen LogP contribution in [0, 0.1) is 5.92 Å². The van der Waals surface area contributed by atoms with E-state index in [4.69, 9.17) is 5.11 Å². The lowest BCUT2D eigenvalue weighted by molar-refractivity contribution is 0.0668. The zero-order valence-corrected chi connectivity index (χ0v) is 16.1. The average Bonchev–Trinajstić information content (AvgIpc) is 3.15. The zero-order valence-electron chi connectivity index (χ0n) is 16.1. The first-order valence-corrected chi connectivity index (χ1v) is 10.1. The number of aryl methyl sites for hydroxylation is 1. The number of aromatic nitrogens is 2. The van der Waals surface area contributed by atoms with Crippen LogP contribution in [-0.4, -0.2) is 45.2 Å². The summed E-state index contributed by atoms with van der Waals surface area (Å²) in [7, 11) is 0. The normalized spacial score (nSPS) is 17.2. The summed E-state index contributed by atoms with van der Waals surface area (Å²) in [6.45, 7) is 2.25. The van der Waals surface area contributed by atoms with Gasteiger partial charge in [-0.15, -0.1) is 0 Å². The van der Waals surface area contributed by atoms with Gasteiger partial charge in [-0.1, -0.05) is 30.3 Å². The lowest BCUT2D eigenvalue weighted by Crippen LogP contribution is -2.40. The first-order valence-electron chi connectivity index (χ1n) is 10.1. The Bertz CT molecular complexity index is 935. The number of rotatable bonds is 6. The minimum absolute atomic E-state index is 0.0737. The van der Waals surface area contributed by atoms with E-state index in [1.807, 2.05) is 33.7 Å². The SMILES string of the molecule is O=C(c1ccc2c(c1)ncn2CCO)N1CCC[C@@H](CCc2ccccc2)C1. The van der Waals surface area contributed by atoms with Crippen LogP contribution >= 0.6 is 0 Å². The summed E-state index contributed by atoms with van der Waals surface area (Å²) in [6, 6.07) is 16.3. The molecule has 5 nitrogen and oxygen atoms in total. The summed E-state index contributed by atoms with van der Waals surface area (Å²) in [5.41, 5.74) is 3.82. The van der Waals surface area contributed by atoms with Crippen molar-refractivity contribution in [2.75, 3.05) is 19.7 Å². The van der Waals surface area contributed by atoms with E-state index in [9.17, 15) is 4.79 Å². The van der Waals surface area contributed by atoms with Crippen molar-refractivity contribution in [3.8, 4) is 0 Å². The second-order valence-corrected chi connectivity index (χ2v) is 7.65. The number of carbonyl (C=O) groups excluding carboxylic acids is 1. The molecule has 0 aliphatic carbocycles. The molecule has 2 aromatic carbocycles. The minimum Gasteiger partial charge on any atom is -0.395 e. The Morgan fingerprint density at radius 3 is 2.86 bits per heavy atom. The van der Waals surface area contributed by atoms with Crippen LogP contribution < -0.4 is 0 Å². The van der Waals surface area contributed by atoms with E-state index in [1.165, 1.54) is 12.0 Å². The molecule has 3 aromatic rings. The maximum absolute atomic E-state index is 13.0. The first-order chi connectivity index (χ1) is 13.7. The number of aliphatic hydroxyl groups excluding tert-OH is 1. The first kappa shape index (κ1) is 18.7. The highest BCUT2D eigenvalue weighted by Gasteiger charge is 2.24. The number of likely N-dealkylation sites (tertiary alicyclic amines) is 1. The molecule has 28 heavy (non-hydrogen) atoms. The van der Waals surface area contributed by atoms with Gasteiger partial charge >= 0.3 is 0 Å². The van der Waals surface area contributed by atoms with Gasteiger partial charge in [0.1, 0.15) is 0 Å². The Hall–Kier alpha value is -2.66. The molecule has 1 atom stereocenters. The standard InChI is InChI=1S/C23H27N3O2/c27-14-13-26-17-24-21-15-20(10-11-22(21)26)23(28)25-12-4-7-19(16-25)9-8-18-5-2-1-3-6-18/h1-3,5-6,10-11,15,17,19,27H,4,7-9,12-14,16H2/t19-/m0/s1. The van der Waals surface area contributed by atoms with E-state index in [1.54, 1.807) is 6.33 Å². The largest absolute Gasteiger partial charge is 0.395 e. The van der Waals surface area contributed by atoms with Gasteiger partial charge in [-0.05, 0) is 55.4 Å². The number of hydrogen-bond donors (Lipinski definition) is 1. The van der Waals surface area contributed by atoms with Crippen LogP contribution in [0.25, 0.3) is 11.0 Å².